The zero-order chi connectivity index (χ0) is 13.2. The van der Waals surface area contributed by atoms with E-state index in [4.69, 9.17) is 40.5 Å². The summed E-state index contributed by atoms with van der Waals surface area (Å²) >= 11 is 17.3. The maximum Gasteiger partial charge on any atom is 0.220 e. The molecule has 0 aliphatic carbocycles. The Kier molecular flexibility index (Phi) is 5.04. The first-order valence-electron chi connectivity index (χ1n) is 4.61. The number of aliphatic hydroxyl groups excluding tert-OH is 2. The van der Waals surface area contributed by atoms with Crippen LogP contribution >= 0.6 is 34.8 Å². The van der Waals surface area contributed by atoms with Gasteiger partial charge >= 0.3 is 0 Å². The summed E-state index contributed by atoms with van der Waals surface area (Å²) in [7, 11) is 0. The van der Waals surface area contributed by atoms with Crippen LogP contribution in [0.25, 0.3) is 0 Å². The van der Waals surface area contributed by atoms with E-state index in [0.717, 1.165) is 0 Å². The third kappa shape index (κ3) is 3.72. The predicted octanol–water partition coefficient (Wildman–Crippen LogP) is 1.92. The van der Waals surface area contributed by atoms with Crippen molar-refractivity contribution in [1.82, 2.24) is 0 Å². The van der Waals surface area contributed by atoms with E-state index in [0.29, 0.717) is 0 Å². The van der Waals surface area contributed by atoms with Gasteiger partial charge in [0.25, 0.3) is 0 Å². The Labute approximate surface area is 113 Å². The third-order valence-electron chi connectivity index (χ3n) is 2.13. The van der Waals surface area contributed by atoms with Crippen molar-refractivity contribution >= 4 is 40.7 Å². The average Bonchev–Trinajstić information content (AvgIpc) is 2.21. The highest BCUT2D eigenvalue weighted by atomic mass is 35.5. The number of rotatable bonds is 4. The molecule has 2 unspecified atom stereocenters. The lowest BCUT2D eigenvalue weighted by atomic mass is 10.0. The molecule has 0 heterocycles. The number of hydrogen-bond donors (Lipinski definition) is 3. The predicted molar refractivity (Wildman–Crippen MR) is 66.3 cm³/mol. The van der Waals surface area contributed by atoms with Crippen LogP contribution in [0.15, 0.2) is 12.1 Å². The molecule has 7 heteroatoms. The van der Waals surface area contributed by atoms with E-state index in [1.165, 1.54) is 12.1 Å². The van der Waals surface area contributed by atoms with Gasteiger partial charge in [-0.05, 0) is 12.1 Å². The molecule has 1 rings (SSSR count). The lowest BCUT2D eigenvalue weighted by molar-refractivity contribution is -0.121. The van der Waals surface area contributed by atoms with Gasteiger partial charge in [-0.25, -0.2) is 0 Å². The molecule has 4 N–H and O–H groups in total. The molecule has 4 nitrogen and oxygen atoms in total. The van der Waals surface area contributed by atoms with E-state index in [2.05, 4.69) is 0 Å². The number of aliphatic hydroxyl groups is 2. The van der Waals surface area contributed by atoms with E-state index >= 15 is 0 Å². The number of benzene rings is 1. The summed E-state index contributed by atoms with van der Waals surface area (Å²) in [5, 5.41) is 19.9. The molecule has 0 aliphatic heterocycles. The molecule has 0 spiro atoms. The lowest BCUT2D eigenvalue weighted by Gasteiger charge is -2.18. The molecule has 0 saturated carbocycles. The summed E-state index contributed by atoms with van der Waals surface area (Å²) in [6.45, 7) is 0. The van der Waals surface area contributed by atoms with Gasteiger partial charge < -0.3 is 15.9 Å². The number of carbonyl (C=O) groups excluding carboxylic acids is 1. The Hall–Kier alpha value is -0.520. The fourth-order valence-corrected chi connectivity index (χ4v) is 1.96. The smallest absolute Gasteiger partial charge is 0.220 e. The van der Waals surface area contributed by atoms with Crippen LogP contribution in [-0.4, -0.2) is 22.2 Å². The summed E-state index contributed by atoms with van der Waals surface area (Å²) in [6.07, 6.45) is -3.08. The fraction of sp³-hybridized carbons (Fsp3) is 0.300. The largest absolute Gasteiger partial charge is 0.390 e. The van der Waals surface area contributed by atoms with Crippen molar-refractivity contribution < 1.29 is 15.0 Å². The van der Waals surface area contributed by atoms with Gasteiger partial charge in [0.2, 0.25) is 5.91 Å². The molecular formula is C10H10Cl3NO3. The number of halogens is 3. The number of hydrogen-bond acceptors (Lipinski definition) is 3. The van der Waals surface area contributed by atoms with Crippen LogP contribution in [0.4, 0.5) is 0 Å². The summed E-state index contributed by atoms with van der Waals surface area (Å²) in [5.41, 5.74) is 5.10. The van der Waals surface area contributed by atoms with Crippen LogP contribution < -0.4 is 5.73 Å². The zero-order valence-corrected chi connectivity index (χ0v) is 10.8. The van der Waals surface area contributed by atoms with Crippen molar-refractivity contribution in [2.24, 2.45) is 5.73 Å². The number of nitrogens with two attached hydrogens (primary N) is 1. The van der Waals surface area contributed by atoms with Gasteiger partial charge in [-0.1, -0.05) is 34.8 Å². The summed E-state index contributed by atoms with van der Waals surface area (Å²) < 4.78 is 0. The van der Waals surface area contributed by atoms with Crippen LogP contribution in [0.2, 0.25) is 15.1 Å². The Morgan fingerprint density at radius 1 is 1.18 bits per heavy atom. The van der Waals surface area contributed by atoms with Crippen LogP contribution in [0, 0.1) is 0 Å². The van der Waals surface area contributed by atoms with Gasteiger partial charge in [0, 0.05) is 10.6 Å². The highest BCUT2D eigenvalue weighted by molar-refractivity contribution is 6.43. The van der Waals surface area contributed by atoms with Crippen LogP contribution in [0.5, 0.6) is 0 Å². The topological polar surface area (TPSA) is 83.6 Å². The average molecular weight is 299 g/mol. The SMILES string of the molecule is NC(=O)CC(O)C(O)c1cc(Cl)c(Cl)cc1Cl. The van der Waals surface area contributed by atoms with Gasteiger partial charge in [0.1, 0.15) is 6.10 Å². The molecule has 0 saturated heterocycles. The first kappa shape index (κ1) is 14.5. The molecule has 1 amide bonds. The van der Waals surface area contributed by atoms with Gasteiger partial charge in [-0.15, -0.1) is 0 Å². The Morgan fingerprint density at radius 3 is 2.24 bits per heavy atom. The summed E-state index contributed by atoms with van der Waals surface area (Å²) in [4.78, 5) is 10.6. The van der Waals surface area contributed by atoms with E-state index < -0.39 is 18.1 Å². The highest BCUT2D eigenvalue weighted by Crippen LogP contribution is 2.33. The molecule has 0 bridgehead atoms. The monoisotopic (exact) mass is 297 g/mol. The minimum Gasteiger partial charge on any atom is -0.390 e. The number of amides is 1. The van der Waals surface area contributed by atoms with E-state index in [-0.39, 0.29) is 27.1 Å². The molecule has 0 aromatic heterocycles. The van der Waals surface area contributed by atoms with E-state index in [9.17, 15) is 15.0 Å². The molecule has 2 atom stereocenters. The first-order valence-corrected chi connectivity index (χ1v) is 5.75. The minimum atomic E-state index is -1.36. The summed E-state index contributed by atoms with van der Waals surface area (Å²) in [5.74, 6) is -0.729. The second-order valence-electron chi connectivity index (χ2n) is 3.47. The fourth-order valence-electron chi connectivity index (χ4n) is 1.29. The van der Waals surface area contributed by atoms with Crippen molar-refractivity contribution in [3.05, 3.63) is 32.8 Å². The zero-order valence-electron chi connectivity index (χ0n) is 8.53. The Morgan fingerprint density at radius 2 is 1.71 bits per heavy atom. The van der Waals surface area contributed by atoms with Crippen molar-refractivity contribution in [3.8, 4) is 0 Å². The first-order chi connectivity index (χ1) is 7.82. The second kappa shape index (κ2) is 5.89. The van der Waals surface area contributed by atoms with E-state index in [1.54, 1.807) is 0 Å². The standard InChI is InChI=1S/C10H10Cl3NO3/c11-5-2-7(13)6(12)1-4(5)10(17)8(15)3-9(14)16/h1-2,8,10,15,17H,3H2,(H2,14,16). The second-order valence-corrected chi connectivity index (χ2v) is 4.69. The van der Waals surface area contributed by atoms with Gasteiger partial charge in [0.05, 0.1) is 22.6 Å². The van der Waals surface area contributed by atoms with Crippen molar-refractivity contribution in [2.75, 3.05) is 0 Å². The lowest BCUT2D eigenvalue weighted by Crippen LogP contribution is -2.25. The highest BCUT2D eigenvalue weighted by Gasteiger charge is 2.23. The maximum atomic E-state index is 10.6. The van der Waals surface area contributed by atoms with Gasteiger partial charge in [0.15, 0.2) is 0 Å². The van der Waals surface area contributed by atoms with Crippen LogP contribution in [-0.2, 0) is 4.79 Å². The maximum absolute atomic E-state index is 10.6. The third-order valence-corrected chi connectivity index (χ3v) is 3.18. The molecule has 0 fully saturated rings. The Bertz CT molecular complexity index is 439. The molecule has 17 heavy (non-hydrogen) atoms. The summed E-state index contributed by atoms with van der Waals surface area (Å²) in [6, 6.07) is 2.68. The van der Waals surface area contributed by atoms with Crippen molar-refractivity contribution in [3.63, 3.8) is 0 Å². The number of primary amides is 1. The molecule has 94 valence electrons. The number of carbonyl (C=O) groups is 1. The van der Waals surface area contributed by atoms with Gasteiger partial charge in [-0.3, -0.25) is 4.79 Å². The van der Waals surface area contributed by atoms with E-state index in [1.807, 2.05) is 0 Å². The molecule has 1 aromatic carbocycles. The van der Waals surface area contributed by atoms with Crippen LogP contribution in [0.1, 0.15) is 18.1 Å². The molecule has 0 radical (unpaired) electrons. The molecule has 1 aromatic rings. The quantitative estimate of drug-likeness (QED) is 0.743. The molecular weight excluding hydrogens is 288 g/mol. The molecule has 0 aliphatic rings. The van der Waals surface area contributed by atoms with Crippen molar-refractivity contribution in [2.45, 2.75) is 18.6 Å². The normalized spacial score (nSPS) is 14.4. The minimum absolute atomic E-state index is 0.149. The van der Waals surface area contributed by atoms with Gasteiger partial charge in [-0.2, -0.15) is 0 Å². The van der Waals surface area contributed by atoms with Crippen molar-refractivity contribution in [1.29, 1.82) is 0 Å². The Balaban J connectivity index is 2.99. The van der Waals surface area contributed by atoms with Crippen LogP contribution in [0.3, 0.4) is 0 Å².